The van der Waals surface area contributed by atoms with E-state index in [-0.39, 0.29) is 5.41 Å². The Kier molecular flexibility index (Phi) is 6.02. The molecule has 0 fully saturated rings. The lowest BCUT2D eigenvalue weighted by molar-refractivity contribution is 0.660. The Labute approximate surface area is 319 Å². The highest BCUT2D eigenvalue weighted by atomic mass is 16.3. The van der Waals surface area contributed by atoms with Crippen LogP contribution in [0, 0.1) is 0 Å². The number of fused-ring (bicyclic) bond motifs is 13. The average molecular weight is 702 g/mol. The SMILES string of the molecule is C=C1c2ccc(-c3ccc4oc5ccc(-c6ccccc6)cc5c4c3)cc2-c2c1ccc1c2-c2cc(-n3c4ccccc4c4ccccc43)ccc2C1(C)C. The minimum Gasteiger partial charge on any atom is -0.456 e. The molecule has 0 atom stereocenters. The van der Waals surface area contributed by atoms with Gasteiger partial charge in [0.05, 0.1) is 11.0 Å². The summed E-state index contributed by atoms with van der Waals surface area (Å²) in [5.41, 5.74) is 21.5. The molecule has 2 aromatic heterocycles. The van der Waals surface area contributed by atoms with Gasteiger partial charge in [-0.05, 0) is 127 Å². The first kappa shape index (κ1) is 30.6. The van der Waals surface area contributed by atoms with Crippen LogP contribution in [0.2, 0.25) is 0 Å². The lowest BCUT2D eigenvalue weighted by Gasteiger charge is -2.22. The van der Waals surface area contributed by atoms with Crippen molar-refractivity contribution in [2.24, 2.45) is 0 Å². The molecule has 55 heavy (non-hydrogen) atoms. The van der Waals surface area contributed by atoms with Crippen molar-refractivity contribution in [1.29, 1.82) is 0 Å². The highest BCUT2D eigenvalue weighted by Gasteiger charge is 2.40. The Bertz CT molecular complexity index is 3240. The van der Waals surface area contributed by atoms with Crippen molar-refractivity contribution in [2.45, 2.75) is 19.3 Å². The maximum Gasteiger partial charge on any atom is 0.135 e. The highest BCUT2D eigenvalue weighted by Crippen LogP contribution is 2.58. The van der Waals surface area contributed by atoms with Crippen LogP contribution in [0.15, 0.2) is 175 Å². The van der Waals surface area contributed by atoms with E-state index in [0.29, 0.717) is 0 Å². The number of hydrogen-bond acceptors (Lipinski definition) is 1. The topological polar surface area (TPSA) is 18.1 Å². The number of furan rings is 1. The van der Waals surface area contributed by atoms with Crippen molar-refractivity contribution in [2.75, 3.05) is 0 Å². The maximum atomic E-state index is 6.34. The molecule has 0 saturated carbocycles. The molecule has 0 N–H and O–H groups in total. The van der Waals surface area contributed by atoms with E-state index in [1.807, 2.05) is 0 Å². The molecule has 0 radical (unpaired) electrons. The van der Waals surface area contributed by atoms with Gasteiger partial charge in [-0.1, -0.05) is 130 Å². The molecular weight excluding hydrogens is 667 g/mol. The highest BCUT2D eigenvalue weighted by molar-refractivity contribution is 6.12. The third-order valence-electron chi connectivity index (χ3n) is 12.5. The lowest BCUT2D eigenvalue weighted by atomic mass is 9.81. The molecule has 258 valence electrons. The summed E-state index contributed by atoms with van der Waals surface area (Å²) in [5, 5.41) is 4.81. The minimum absolute atomic E-state index is 0.146. The predicted molar refractivity (Wildman–Crippen MR) is 230 cm³/mol. The van der Waals surface area contributed by atoms with E-state index in [4.69, 9.17) is 4.42 Å². The summed E-state index contributed by atoms with van der Waals surface area (Å²) in [6, 6.07) is 59.9. The molecule has 2 heterocycles. The summed E-state index contributed by atoms with van der Waals surface area (Å²) in [6.45, 7) is 9.42. The molecule has 12 rings (SSSR count). The maximum absolute atomic E-state index is 6.34. The fraction of sp³-hybridized carbons (Fsp3) is 0.0566. The molecule has 0 aliphatic heterocycles. The van der Waals surface area contributed by atoms with Gasteiger partial charge in [0.2, 0.25) is 0 Å². The number of nitrogens with zero attached hydrogens (tertiary/aromatic N) is 1. The van der Waals surface area contributed by atoms with Gasteiger partial charge in [-0.3, -0.25) is 0 Å². The van der Waals surface area contributed by atoms with Crippen LogP contribution in [-0.4, -0.2) is 4.57 Å². The van der Waals surface area contributed by atoms with Crippen LogP contribution >= 0.6 is 0 Å². The smallest absolute Gasteiger partial charge is 0.135 e. The zero-order valence-electron chi connectivity index (χ0n) is 30.7. The summed E-state index contributed by atoms with van der Waals surface area (Å²) in [4.78, 5) is 0. The summed E-state index contributed by atoms with van der Waals surface area (Å²) >= 11 is 0. The fourth-order valence-corrected chi connectivity index (χ4v) is 9.81. The van der Waals surface area contributed by atoms with Gasteiger partial charge in [0, 0.05) is 32.6 Å². The molecule has 0 saturated heterocycles. The number of aromatic nitrogens is 1. The van der Waals surface area contributed by atoms with E-state index < -0.39 is 0 Å². The molecule has 0 unspecified atom stereocenters. The second-order valence-electron chi connectivity index (χ2n) is 15.8. The van der Waals surface area contributed by atoms with Crippen LogP contribution in [0.25, 0.3) is 99.5 Å². The first-order valence-electron chi connectivity index (χ1n) is 19.1. The summed E-state index contributed by atoms with van der Waals surface area (Å²) in [6.07, 6.45) is 0. The Hall–Kier alpha value is -6.90. The predicted octanol–water partition coefficient (Wildman–Crippen LogP) is 14.4. The molecule has 2 aliphatic carbocycles. The van der Waals surface area contributed by atoms with Crippen LogP contribution in [0.1, 0.15) is 36.1 Å². The zero-order valence-corrected chi connectivity index (χ0v) is 30.7. The van der Waals surface area contributed by atoms with Crippen molar-refractivity contribution in [3.05, 3.63) is 193 Å². The fourth-order valence-electron chi connectivity index (χ4n) is 9.81. The molecule has 2 aliphatic rings. The third-order valence-corrected chi connectivity index (χ3v) is 12.5. The van der Waals surface area contributed by atoms with Gasteiger partial charge in [-0.15, -0.1) is 0 Å². The van der Waals surface area contributed by atoms with Crippen LogP contribution < -0.4 is 0 Å². The number of para-hydroxylation sites is 2. The standard InChI is InChI=1S/C53H35NO/c1-31-37-21-17-34(35-19-26-50-42(28-35)41-27-33(18-25-49(41)55-50)32-11-5-4-6-12-32)29-43(37)51-38(31)22-24-46-52(51)44-30-36(20-23-45(44)53(46,2)3)54-47-15-9-7-13-39(47)40-14-8-10-16-48(40)54/h4-30H,1H2,2-3H3. The summed E-state index contributed by atoms with van der Waals surface area (Å²) in [5.74, 6) is 0. The molecular formula is C53H35NO. The molecule has 0 spiro atoms. The monoisotopic (exact) mass is 701 g/mol. The van der Waals surface area contributed by atoms with Crippen molar-refractivity contribution in [3.8, 4) is 50.2 Å². The lowest BCUT2D eigenvalue weighted by Crippen LogP contribution is -2.15. The van der Waals surface area contributed by atoms with Crippen molar-refractivity contribution >= 4 is 49.3 Å². The number of hydrogen-bond donors (Lipinski definition) is 0. The largest absolute Gasteiger partial charge is 0.456 e. The quantitative estimate of drug-likeness (QED) is 0.179. The van der Waals surface area contributed by atoms with Gasteiger partial charge < -0.3 is 8.98 Å². The number of rotatable bonds is 3. The molecule has 0 amide bonds. The van der Waals surface area contributed by atoms with Crippen LogP contribution in [0.4, 0.5) is 0 Å². The zero-order chi connectivity index (χ0) is 36.6. The Morgan fingerprint density at radius 2 is 1.02 bits per heavy atom. The first-order chi connectivity index (χ1) is 26.9. The minimum atomic E-state index is -0.146. The average Bonchev–Trinajstić information content (AvgIpc) is 3.92. The van der Waals surface area contributed by atoms with E-state index in [1.165, 1.54) is 94.3 Å². The molecule has 2 nitrogen and oxygen atoms in total. The second kappa shape index (κ2) is 10.8. The molecule has 8 aromatic carbocycles. The Morgan fingerprint density at radius 3 is 1.73 bits per heavy atom. The van der Waals surface area contributed by atoms with Crippen molar-refractivity contribution in [1.82, 2.24) is 4.57 Å². The van der Waals surface area contributed by atoms with Gasteiger partial charge in [0.25, 0.3) is 0 Å². The normalized spacial score (nSPS) is 13.8. The van der Waals surface area contributed by atoms with Gasteiger partial charge in [-0.25, -0.2) is 0 Å². The van der Waals surface area contributed by atoms with E-state index in [1.54, 1.807) is 0 Å². The second-order valence-corrected chi connectivity index (χ2v) is 15.8. The Morgan fingerprint density at radius 1 is 0.436 bits per heavy atom. The summed E-state index contributed by atoms with van der Waals surface area (Å²) < 4.78 is 8.78. The number of benzene rings is 8. The van der Waals surface area contributed by atoms with Gasteiger partial charge in [0.1, 0.15) is 11.2 Å². The van der Waals surface area contributed by atoms with E-state index in [2.05, 4.69) is 189 Å². The van der Waals surface area contributed by atoms with Crippen LogP contribution in [-0.2, 0) is 5.41 Å². The molecule has 0 bridgehead atoms. The molecule has 10 aromatic rings. The van der Waals surface area contributed by atoms with Crippen LogP contribution in [0.5, 0.6) is 0 Å². The first-order valence-corrected chi connectivity index (χ1v) is 19.1. The van der Waals surface area contributed by atoms with Gasteiger partial charge >= 0.3 is 0 Å². The van der Waals surface area contributed by atoms with E-state index >= 15 is 0 Å². The van der Waals surface area contributed by atoms with E-state index in [0.717, 1.165) is 27.5 Å². The van der Waals surface area contributed by atoms with Crippen molar-refractivity contribution in [3.63, 3.8) is 0 Å². The van der Waals surface area contributed by atoms with E-state index in [9.17, 15) is 0 Å². The van der Waals surface area contributed by atoms with Crippen molar-refractivity contribution < 1.29 is 4.42 Å². The van der Waals surface area contributed by atoms with Gasteiger partial charge in [0.15, 0.2) is 0 Å². The third kappa shape index (κ3) is 4.14. The van der Waals surface area contributed by atoms with Gasteiger partial charge in [-0.2, -0.15) is 0 Å². The molecule has 2 heteroatoms. The Balaban J connectivity index is 1.04. The van der Waals surface area contributed by atoms with Crippen LogP contribution in [0.3, 0.4) is 0 Å². The summed E-state index contributed by atoms with van der Waals surface area (Å²) in [7, 11) is 0.